The van der Waals surface area contributed by atoms with E-state index in [0.29, 0.717) is 5.56 Å². The van der Waals surface area contributed by atoms with Crippen LogP contribution < -0.4 is 5.32 Å². The molecule has 1 aliphatic heterocycles. The normalized spacial score (nSPS) is 20.5. The molecule has 1 fully saturated rings. The molecule has 1 unspecified atom stereocenters. The maximum Gasteiger partial charge on any atom is 0.286 e. The predicted octanol–water partition coefficient (Wildman–Crippen LogP) is 1.72. The van der Waals surface area contributed by atoms with Gasteiger partial charge in [0, 0.05) is 0 Å². The number of thioether (sulfide) groups is 1. The molecule has 1 N–H and O–H groups in total. The van der Waals surface area contributed by atoms with Crippen LogP contribution in [0.1, 0.15) is 5.56 Å². The summed E-state index contributed by atoms with van der Waals surface area (Å²) in [4.78, 5) is 22.1. The molecule has 2 amide bonds. The molecule has 0 bridgehead atoms. The number of halogens is 1. The van der Waals surface area contributed by atoms with Crippen molar-refractivity contribution in [1.29, 1.82) is 0 Å². The molecule has 1 saturated heterocycles. The number of imide groups is 1. The number of rotatable bonds is 2. The van der Waals surface area contributed by atoms with Gasteiger partial charge < -0.3 is 0 Å². The first-order valence-corrected chi connectivity index (χ1v) is 5.29. The van der Waals surface area contributed by atoms with Gasteiger partial charge >= 0.3 is 0 Å². The van der Waals surface area contributed by atoms with E-state index in [2.05, 4.69) is 5.32 Å². The van der Waals surface area contributed by atoms with Crippen LogP contribution >= 0.6 is 11.8 Å². The number of nitrogens with one attached hydrogen (secondary N) is 1. The zero-order valence-electron chi connectivity index (χ0n) is 7.70. The highest BCUT2D eigenvalue weighted by atomic mass is 32.2. The lowest BCUT2D eigenvalue weighted by molar-refractivity contribution is -0.118. The molecule has 5 heteroatoms. The van der Waals surface area contributed by atoms with Crippen molar-refractivity contribution in [2.24, 2.45) is 0 Å². The van der Waals surface area contributed by atoms with E-state index in [1.54, 1.807) is 18.2 Å². The van der Waals surface area contributed by atoms with Gasteiger partial charge in [0.1, 0.15) is 5.82 Å². The van der Waals surface area contributed by atoms with Crippen LogP contribution in [0.3, 0.4) is 0 Å². The lowest BCUT2D eigenvalue weighted by Crippen LogP contribution is -2.25. The minimum atomic E-state index is -0.505. The highest BCUT2D eigenvalue weighted by Gasteiger charge is 2.31. The van der Waals surface area contributed by atoms with Crippen LogP contribution in [0.5, 0.6) is 0 Å². The molecule has 0 saturated carbocycles. The molecule has 3 nitrogen and oxygen atoms in total. The molecule has 1 aromatic rings. The Balaban J connectivity index is 2.13. The van der Waals surface area contributed by atoms with Gasteiger partial charge in [0.2, 0.25) is 5.91 Å². The lowest BCUT2D eigenvalue weighted by Gasteiger charge is -2.05. The molecule has 0 aliphatic carbocycles. The Hall–Kier alpha value is -1.36. The summed E-state index contributed by atoms with van der Waals surface area (Å²) in [5, 5.41) is 1.30. The third-order valence-electron chi connectivity index (χ3n) is 2.13. The van der Waals surface area contributed by atoms with Gasteiger partial charge in [-0.3, -0.25) is 14.9 Å². The average Bonchev–Trinajstić information content (AvgIpc) is 2.49. The number of hydrogen-bond donors (Lipinski definition) is 1. The summed E-state index contributed by atoms with van der Waals surface area (Å²) in [6.45, 7) is 0. The first-order chi connectivity index (χ1) is 7.16. The second-order valence-electron chi connectivity index (χ2n) is 3.18. The van der Waals surface area contributed by atoms with E-state index in [9.17, 15) is 14.0 Å². The van der Waals surface area contributed by atoms with Gasteiger partial charge in [0.15, 0.2) is 0 Å². The van der Waals surface area contributed by atoms with Crippen molar-refractivity contribution >= 4 is 22.9 Å². The molecule has 0 radical (unpaired) electrons. The summed E-state index contributed by atoms with van der Waals surface area (Å²) in [7, 11) is 0. The van der Waals surface area contributed by atoms with E-state index in [1.807, 2.05) is 0 Å². The van der Waals surface area contributed by atoms with Gasteiger partial charge in [-0.15, -0.1) is 0 Å². The molecular formula is C10H8FNO2S. The number of amides is 2. The summed E-state index contributed by atoms with van der Waals surface area (Å²) >= 11 is 0.911. The SMILES string of the molecule is O=C1NC(=O)C(Cc2ccccc2F)S1. The van der Waals surface area contributed by atoms with E-state index >= 15 is 0 Å². The fraction of sp³-hybridized carbons (Fsp3) is 0.200. The zero-order chi connectivity index (χ0) is 10.8. The van der Waals surface area contributed by atoms with Gasteiger partial charge in [-0.05, 0) is 18.1 Å². The van der Waals surface area contributed by atoms with Crippen LogP contribution in [0, 0.1) is 5.82 Å². The molecule has 78 valence electrons. The average molecular weight is 225 g/mol. The maximum absolute atomic E-state index is 13.2. The first-order valence-electron chi connectivity index (χ1n) is 4.41. The van der Waals surface area contributed by atoms with Gasteiger partial charge in [0.25, 0.3) is 5.24 Å². The Bertz CT molecular complexity index is 422. The Kier molecular flexibility index (Phi) is 2.73. The van der Waals surface area contributed by atoms with Crippen LogP contribution in [0.15, 0.2) is 24.3 Å². The topological polar surface area (TPSA) is 46.2 Å². The zero-order valence-corrected chi connectivity index (χ0v) is 8.51. The van der Waals surface area contributed by atoms with Crippen LogP contribution in [-0.2, 0) is 11.2 Å². The van der Waals surface area contributed by atoms with E-state index < -0.39 is 5.25 Å². The van der Waals surface area contributed by atoms with Gasteiger partial charge in [-0.1, -0.05) is 30.0 Å². The van der Waals surface area contributed by atoms with Crippen molar-refractivity contribution in [3.8, 4) is 0 Å². The molecule has 2 rings (SSSR count). The number of benzene rings is 1. The monoisotopic (exact) mass is 225 g/mol. The van der Waals surface area contributed by atoms with Crippen molar-refractivity contribution in [3.63, 3.8) is 0 Å². The van der Waals surface area contributed by atoms with Crippen LogP contribution in [-0.4, -0.2) is 16.4 Å². The Morgan fingerprint density at radius 3 is 2.67 bits per heavy atom. The van der Waals surface area contributed by atoms with Gasteiger partial charge in [-0.2, -0.15) is 0 Å². The molecule has 0 aromatic heterocycles. The second kappa shape index (κ2) is 4.02. The van der Waals surface area contributed by atoms with Crippen molar-refractivity contribution in [2.45, 2.75) is 11.7 Å². The maximum atomic E-state index is 13.2. The summed E-state index contributed by atoms with van der Waals surface area (Å²) in [5.41, 5.74) is 0.458. The van der Waals surface area contributed by atoms with Gasteiger partial charge in [0.05, 0.1) is 5.25 Å². The molecule has 1 aromatic carbocycles. The smallest absolute Gasteiger partial charge is 0.286 e. The fourth-order valence-electron chi connectivity index (χ4n) is 1.39. The molecule has 1 aliphatic rings. The number of carbonyl (C=O) groups is 2. The highest BCUT2D eigenvalue weighted by molar-refractivity contribution is 8.15. The van der Waals surface area contributed by atoms with Crippen LogP contribution in [0.2, 0.25) is 0 Å². The number of hydrogen-bond acceptors (Lipinski definition) is 3. The van der Waals surface area contributed by atoms with Crippen molar-refractivity contribution in [2.75, 3.05) is 0 Å². The first kappa shape index (κ1) is 10.2. The predicted molar refractivity (Wildman–Crippen MR) is 55.0 cm³/mol. The molecule has 1 atom stereocenters. The Morgan fingerprint density at radius 1 is 1.33 bits per heavy atom. The standard InChI is InChI=1S/C10H8FNO2S/c11-7-4-2-1-3-6(7)5-8-9(13)12-10(14)15-8/h1-4,8H,5H2,(H,12,13,14). The van der Waals surface area contributed by atoms with Crippen molar-refractivity contribution in [3.05, 3.63) is 35.6 Å². The number of carbonyl (C=O) groups excluding carboxylic acids is 2. The van der Waals surface area contributed by atoms with E-state index in [4.69, 9.17) is 0 Å². The molecular weight excluding hydrogens is 217 g/mol. The summed E-state index contributed by atoms with van der Waals surface area (Å²) in [6, 6.07) is 6.25. The summed E-state index contributed by atoms with van der Waals surface area (Å²) < 4.78 is 13.2. The summed E-state index contributed by atoms with van der Waals surface area (Å²) in [5.74, 6) is -0.682. The second-order valence-corrected chi connectivity index (χ2v) is 4.35. The van der Waals surface area contributed by atoms with Crippen LogP contribution in [0.4, 0.5) is 9.18 Å². The molecule has 0 spiro atoms. The Morgan fingerprint density at radius 2 is 2.07 bits per heavy atom. The van der Waals surface area contributed by atoms with E-state index in [-0.39, 0.29) is 23.4 Å². The lowest BCUT2D eigenvalue weighted by atomic mass is 10.1. The largest absolute Gasteiger partial charge is 0.286 e. The molecule has 1 heterocycles. The fourth-order valence-corrected chi connectivity index (χ4v) is 2.24. The van der Waals surface area contributed by atoms with Gasteiger partial charge in [-0.25, -0.2) is 4.39 Å². The third-order valence-corrected chi connectivity index (χ3v) is 3.11. The van der Waals surface area contributed by atoms with Crippen LogP contribution in [0.25, 0.3) is 0 Å². The van der Waals surface area contributed by atoms with E-state index in [0.717, 1.165) is 11.8 Å². The third kappa shape index (κ3) is 2.18. The Labute approximate surface area is 90.0 Å². The highest BCUT2D eigenvalue weighted by Crippen LogP contribution is 2.23. The van der Waals surface area contributed by atoms with Crippen molar-refractivity contribution < 1.29 is 14.0 Å². The van der Waals surface area contributed by atoms with Crippen molar-refractivity contribution in [1.82, 2.24) is 5.32 Å². The molecule has 15 heavy (non-hydrogen) atoms. The minimum Gasteiger partial charge on any atom is -0.286 e. The minimum absolute atomic E-state index is 0.245. The summed E-state index contributed by atoms with van der Waals surface area (Å²) in [6.07, 6.45) is 0.245. The van der Waals surface area contributed by atoms with E-state index in [1.165, 1.54) is 6.07 Å². The quantitative estimate of drug-likeness (QED) is 0.833.